The largest absolute Gasteiger partial charge is 0.507 e. The lowest BCUT2D eigenvalue weighted by molar-refractivity contribution is -0.132. The molecule has 10 heteroatoms. The van der Waals surface area contributed by atoms with Crippen molar-refractivity contribution in [1.82, 2.24) is 10.2 Å². The fraction of sp³-hybridized carbons (Fsp3) is 0.128. The first kappa shape index (κ1) is 32.1. The van der Waals surface area contributed by atoms with Crippen molar-refractivity contribution in [2.75, 3.05) is 12.0 Å². The number of aryl methyl sites for hydroxylation is 1. The summed E-state index contributed by atoms with van der Waals surface area (Å²) in [6.07, 6.45) is 0. The number of aromatic nitrogens is 2. The van der Waals surface area contributed by atoms with Gasteiger partial charge in [0.1, 0.15) is 23.9 Å². The van der Waals surface area contributed by atoms with Gasteiger partial charge in [0.25, 0.3) is 5.78 Å². The van der Waals surface area contributed by atoms with E-state index in [2.05, 4.69) is 40.5 Å². The third kappa shape index (κ3) is 6.65. The number of ketones is 1. The van der Waals surface area contributed by atoms with Gasteiger partial charge in [-0.1, -0.05) is 108 Å². The Morgan fingerprint density at radius 2 is 1.65 bits per heavy atom. The van der Waals surface area contributed by atoms with E-state index in [1.165, 1.54) is 28.0 Å². The van der Waals surface area contributed by atoms with Gasteiger partial charge in [0.15, 0.2) is 4.34 Å². The second-order valence-electron chi connectivity index (χ2n) is 11.5. The molecule has 244 valence electrons. The number of Topliss-reactive ketones (excluding diaryl/α,β-unsaturated/α-hetero) is 1. The highest BCUT2D eigenvalue weighted by Crippen LogP contribution is 2.45. The lowest BCUT2D eigenvalue weighted by Crippen LogP contribution is -2.29. The highest BCUT2D eigenvalue weighted by molar-refractivity contribution is 8.00. The van der Waals surface area contributed by atoms with Crippen LogP contribution in [0.15, 0.2) is 125 Å². The van der Waals surface area contributed by atoms with Gasteiger partial charge in [0.05, 0.1) is 18.7 Å². The molecule has 8 nitrogen and oxygen atoms in total. The lowest BCUT2D eigenvalue weighted by Gasteiger charge is -2.23. The van der Waals surface area contributed by atoms with Gasteiger partial charge in [-0.05, 0) is 70.8 Å². The minimum absolute atomic E-state index is 0.0492. The first-order valence-electron chi connectivity index (χ1n) is 15.6. The van der Waals surface area contributed by atoms with Crippen LogP contribution in [0, 0.1) is 6.92 Å². The van der Waals surface area contributed by atoms with Crippen molar-refractivity contribution in [1.29, 1.82) is 0 Å². The fourth-order valence-electron chi connectivity index (χ4n) is 5.91. The number of carbonyl (C=O) groups is 2. The van der Waals surface area contributed by atoms with Gasteiger partial charge in [0.2, 0.25) is 5.13 Å². The van der Waals surface area contributed by atoms with Crippen molar-refractivity contribution >= 4 is 56.5 Å². The summed E-state index contributed by atoms with van der Waals surface area (Å²) in [7, 11) is 1.54. The Morgan fingerprint density at radius 3 is 2.47 bits per heavy atom. The number of aliphatic hydroxyl groups excluding tert-OH is 1. The van der Waals surface area contributed by atoms with Crippen LogP contribution in [0.25, 0.3) is 16.5 Å². The van der Waals surface area contributed by atoms with Crippen molar-refractivity contribution in [3.05, 3.63) is 149 Å². The van der Waals surface area contributed by atoms with Crippen molar-refractivity contribution < 1.29 is 24.2 Å². The van der Waals surface area contributed by atoms with Crippen LogP contribution < -0.4 is 14.4 Å². The molecule has 0 aliphatic carbocycles. The summed E-state index contributed by atoms with van der Waals surface area (Å²) in [6.45, 7) is 2.41. The zero-order valence-electron chi connectivity index (χ0n) is 26.7. The number of nitrogens with zero attached hydrogens (tertiary/aromatic N) is 3. The number of carbonyl (C=O) groups excluding carboxylic acids is 2. The smallest absolute Gasteiger partial charge is 0.301 e. The molecule has 7 rings (SSSR count). The number of amides is 1. The normalized spacial score (nSPS) is 15.6. The molecule has 1 aliphatic rings. The van der Waals surface area contributed by atoms with E-state index >= 15 is 0 Å². The van der Waals surface area contributed by atoms with Crippen molar-refractivity contribution in [2.45, 2.75) is 29.7 Å². The molecule has 49 heavy (non-hydrogen) atoms. The Bertz CT molecular complexity index is 2210. The Morgan fingerprint density at radius 1 is 0.878 bits per heavy atom. The van der Waals surface area contributed by atoms with Crippen LogP contribution in [0.1, 0.15) is 33.9 Å². The van der Waals surface area contributed by atoms with E-state index in [-0.39, 0.29) is 16.5 Å². The number of thioether (sulfide) groups is 1. The maximum absolute atomic E-state index is 13.7. The zero-order chi connectivity index (χ0) is 33.9. The van der Waals surface area contributed by atoms with E-state index in [1.807, 2.05) is 43.3 Å². The highest BCUT2D eigenvalue weighted by Gasteiger charge is 2.48. The molecule has 1 aromatic heterocycles. The molecule has 1 amide bonds. The zero-order valence-corrected chi connectivity index (χ0v) is 28.3. The molecule has 1 fully saturated rings. The number of fused-ring (bicyclic) bond motifs is 1. The summed E-state index contributed by atoms with van der Waals surface area (Å²) in [5, 5.41) is 22.9. The molecule has 2 heterocycles. The fourth-order valence-corrected chi connectivity index (χ4v) is 7.78. The SMILES string of the molecule is COc1cccc(C2C(=C(O)c3ccc(OCc4cccc(C)c4)cc3)C(=O)C(=O)N2c2nnc(SCc3cccc4ccccc34)s2)c1. The standard InChI is InChI=1S/C39H31N3O5S2/c1-24-8-5-9-25(20-24)22-47-30-18-16-27(17-19-30)35(43)33-34(28-12-7-14-31(21-28)46-2)42(37(45)36(33)44)38-40-41-39(49-38)48-23-29-13-6-11-26-10-3-4-15-32(26)29/h3-21,34,43H,22-23H2,1-2H3. The van der Waals surface area contributed by atoms with E-state index in [0.29, 0.717) is 39.3 Å². The minimum Gasteiger partial charge on any atom is -0.507 e. The average Bonchev–Trinajstić information content (AvgIpc) is 3.71. The van der Waals surface area contributed by atoms with Crippen LogP contribution in [0.5, 0.6) is 11.5 Å². The van der Waals surface area contributed by atoms with Gasteiger partial charge in [0, 0.05) is 11.3 Å². The molecule has 0 spiro atoms. The molecule has 0 saturated carbocycles. The molecule has 1 atom stereocenters. The topological polar surface area (TPSA) is 102 Å². The molecule has 1 N–H and O–H groups in total. The van der Waals surface area contributed by atoms with Crippen LogP contribution >= 0.6 is 23.1 Å². The van der Waals surface area contributed by atoms with Crippen LogP contribution in [-0.2, 0) is 21.9 Å². The van der Waals surface area contributed by atoms with Crippen LogP contribution in [0.3, 0.4) is 0 Å². The van der Waals surface area contributed by atoms with Gasteiger partial charge < -0.3 is 14.6 Å². The third-order valence-corrected chi connectivity index (χ3v) is 10.4. The Kier molecular flexibility index (Phi) is 9.15. The molecular weight excluding hydrogens is 655 g/mol. The maximum Gasteiger partial charge on any atom is 0.301 e. The number of aliphatic hydroxyl groups is 1. The first-order valence-corrected chi connectivity index (χ1v) is 17.4. The number of rotatable bonds is 10. The van der Waals surface area contributed by atoms with Crippen molar-refractivity contribution in [2.24, 2.45) is 0 Å². The predicted molar refractivity (Wildman–Crippen MR) is 193 cm³/mol. The van der Waals surface area contributed by atoms with Gasteiger partial charge >= 0.3 is 5.91 Å². The molecule has 0 radical (unpaired) electrons. The lowest BCUT2D eigenvalue weighted by atomic mass is 9.95. The first-order chi connectivity index (χ1) is 23.9. The summed E-state index contributed by atoms with van der Waals surface area (Å²) in [5.41, 5.74) is 4.25. The average molecular weight is 686 g/mol. The number of ether oxygens (including phenoxy) is 2. The molecule has 1 unspecified atom stereocenters. The van der Waals surface area contributed by atoms with E-state index in [4.69, 9.17) is 9.47 Å². The Hall–Kier alpha value is -5.45. The number of anilines is 1. The summed E-state index contributed by atoms with van der Waals surface area (Å²) < 4.78 is 12.1. The van der Waals surface area contributed by atoms with Gasteiger partial charge in [-0.25, -0.2) is 0 Å². The van der Waals surface area contributed by atoms with Crippen molar-refractivity contribution in [3.63, 3.8) is 0 Å². The molecule has 5 aromatic carbocycles. The van der Waals surface area contributed by atoms with Crippen LogP contribution in [-0.4, -0.2) is 34.1 Å². The number of hydrogen-bond acceptors (Lipinski definition) is 9. The number of benzene rings is 5. The highest BCUT2D eigenvalue weighted by atomic mass is 32.2. The van der Waals surface area contributed by atoms with E-state index in [9.17, 15) is 14.7 Å². The predicted octanol–water partition coefficient (Wildman–Crippen LogP) is 8.51. The van der Waals surface area contributed by atoms with Gasteiger partial charge in [-0.15, -0.1) is 10.2 Å². The summed E-state index contributed by atoms with van der Waals surface area (Å²) in [5.74, 6) is -0.112. The maximum atomic E-state index is 13.7. The molecule has 6 aromatic rings. The van der Waals surface area contributed by atoms with E-state index in [1.54, 1.807) is 55.6 Å². The van der Waals surface area contributed by atoms with E-state index in [0.717, 1.165) is 27.5 Å². The number of hydrogen-bond donors (Lipinski definition) is 1. The van der Waals surface area contributed by atoms with Crippen molar-refractivity contribution in [3.8, 4) is 11.5 Å². The monoisotopic (exact) mass is 685 g/mol. The second kappa shape index (κ2) is 14.0. The molecule has 1 aliphatic heterocycles. The summed E-state index contributed by atoms with van der Waals surface area (Å²) >= 11 is 2.74. The summed E-state index contributed by atoms with van der Waals surface area (Å²) in [4.78, 5) is 28.8. The number of methoxy groups -OCH3 is 1. The molecule has 1 saturated heterocycles. The molecular formula is C39H31N3O5S2. The second-order valence-corrected chi connectivity index (χ2v) is 13.7. The molecule has 0 bridgehead atoms. The van der Waals surface area contributed by atoms with Crippen LogP contribution in [0.4, 0.5) is 5.13 Å². The van der Waals surface area contributed by atoms with Gasteiger partial charge in [-0.2, -0.15) is 0 Å². The minimum atomic E-state index is -0.962. The Labute approximate surface area is 291 Å². The van der Waals surface area contributed by atoms with Crippen LogP contribution in [0.2, 0.25) is 0 Å². The third-order valence-electron chi connectivity index (χ3n) is 8.30. The van der Waals surface area contributed by atoms with Gasteiger partial charge in [-0.3, -0.25) is 14.5 Å². The quantitative estimate of drug-likeness (QED) is 0.0504. The van der Waals surface area contributed by atoms with E-state index < -0.39 is 17.7 Å². The Balaban J connectivity index is 1.19. The summed E-state index contributed by atoms with van der Waals surface area (Å²) in [6, 6.07) is 35.4.